The number of hydrogen-bond acceptors (Lipinski definition) is 6. The summed E-state index contributed by atoms with van der Waals surface area (Å²) in [6.07, 6.45) is 0. The van der Waals surface area contributed by atoms with Gasteiger partial charge in [0.25, 0.3) is 0 Å². The number of fused-ring (bicyclic) bond motifs is 2. The van der Waals surface area contributed by atoms with Gasteiger partial charge in [0.15, 0.2) is 0 Å². The Morgan fingerprint density at radius 3 is 2.07 bits per heavy atom. The van der Waals surface area contributed by atoms with Gasteiger partial charge in [0, 0.05) is 13.1 Å². The lowest BCUT2D eigenvalue weighted by molar-refractivity contribution is 0.0697. The zero-order valence-corrected chi connectivity index (χ0v) is 14.9. The largest absolute Gasteiger partial charge is 0.478 e. The van der Waals surface area contributed by atoms with Crippen LogP contribution >= 0.6 is 0 Å². The Kier molecular flexibility index (Phi) is 5.08. The molecule has 136 valence electrons. The van der Waals surface area contributed by atoms with Crippen LogP contribution in [0.25, 0.3) is 22.1 Å². The first-order chi connectivity index (χ1) is 13.1. The van der Waals surface area contributed by atoms with Crippen molar-refractivity contribution in [3.8, 4) is 6.07 Å². The van der Waals surface area contributed by atoms with Gasteiger partial charge in [-0.25, -0.2) is 14.2 Å². The molecule has 1 N–H and O–H groups in total. The summed E-state index contributed by atoms with van der Waals surface area (Å²) in [5, 5.41) is 33.2. The second-order valence-electron chi connectivity index (χ2n) is 5.63. The fourth-order valence-corrected chi connectivity index (χ4v) is 2.60. The van der Waals surface area contributed by atoms with Gasteiger partial charge in [-0.3, -0.25) is 0 Å². The first-order valence-electron chi connectivity index (χ1n) is 8.37. The van der Waals surface area contributed by atoms with Crippen molar-refractivity contribution in [3.63, 3.8) is 0 Å². The maximum atomic E-state index is 10.7. The monoisotopic (exact) mass is 363 g/mol. The Labute approximate surface area is 154 Å². The van der Waals surface area contributed by atoms with Crippen molar-refractivity contribution in [1.82, 2.24) is 30.0 Å². The summed E-state index contributed by atoms with van der Waals surface area (Å²) in [7, 11) is 0. The molecule has 0 aliphatic rings. The number of hydrogen-bond donors (Lipinski definition) is 1. The van der Waals surface area contributed by atoms with Gasteiger partial charge in [0.1, 0.15) is 11.0 Å². The first-order valence-corrected chi connectivity index (χ1v) is 8.37. The quantitative estimate of drug-likeness (QED) is 0.593. The van der Waals surface area contributed by atoms with Gasteiger partial charge >= 0.3 is 5.97 Å². The Morgan fingerprint density at radius 2 is 1.56 bits per heavy atom. The van der Waals surface area contributed by atoms with Crippen LogP contribution in [-0.2, 0) is 13.1 Å². The minimum Gasteiger partial charge on any atom is -0.478 e. The lowest BCUT2D eigenvalue weighted by Crippen LogP contribution is -1.99. The minimum absolute atomic E-state index is 0.259. The van der Waals surface area contributed by atoms with Crippen LogP contribution in [0.3, 0.4) is 0 Å². The predicted molar refractivity (Wildman–Crippen MR) is 98.1 cm³/mol. The topological polar surface area (TPSA) is 123 Å². The van der Waals surface area contributed by atoms with Gasteiger partial charge in [-0.2, -0.15) is 5.26 Å². The highest BCUT2D eigenvalue weighted by molar-refractivity contribution is 5.92. The molecule has 2 aromatic heterocycles. The van der Waals surface area contributed by atoms with E-state index >= 15 is 0 Å². The van der Waals surface area contributed by atoms with E-state index < -0.39 is 5.97 Å². The molecule has 0 unspecified atom stereocenters. The second kappa shape index (κ2) is 7.61. The highest BCUT2D eigenvalue weighted by Gasteiger charge is 2.07. The predicted octanol–water partition coefficient (Wildman–Crippen LogP) is 2.47. The van der Waals surface area contributed by atoms with Crippen LogP contribution in [0.15, 0.2) is 36.4 Å². The molecular formula is C18H17N7O2. The number of carboxylic acids is 1. The van der Waals surface area contributed by atoms with E-state index in [9.17, 15) is 4.79 Å². The number of nitrogens with zero attached hydrogens (tertiary/aromatic N) is 7. The Bertz CT molecular complexity index is 1150. The molecule has 0 saturated heterocycles. The van der Waals surface area contributed by atoms with Crippen molar-refractivity contribution >= 4 is 28.0 Å². The van der Waals surface area contributed by atoms with Gasteiger partial charge in [-0.1, -0.05) is 10.4 Å². The molecule has 0 spiro atoms. The van der Waals surface area contributed by atoms with E-state index in [1.807, 2.05) is 19.9 Å². The molecule has 27 heavy (non-hydrogen) atoms. The molecular weight excluding hydrogens is 346 g/mol. The van der Waals surface area contributed by atoms with Gasteiger partial charge < -0.3 is 5.11 Å². The summed E-state index contributed by atoms with van der Waals surface area (Å²) in [5.41, 5.74) is 4.13. The zero-order chi connectivity index (χ0) is 19.4. The average Bonchev–Trinajstić information content (AvgIpc) is 3.30. The van der Waals surface area contributed by atoms with Crippen molar-refractivity contribution < 1.29 is 9.90 Å². The standard InChI is InChI=1S/C9H8N4.C9H9N3O2/c1-2-13-9-5-7(6-10)3-4-8(9)11-12-13;1-2-12-8-5-6(9(13)14)3-4-7(8)10-11-12/h3-5H,2H2,1H3;3-5H,2H2,1H3,(H,13,14). The molecule has 2 heterocycles. The molecule has 0 aliphatic carbocycles. The maximum absolute atomic E-state index is 10.7. The smallest absolute Gasteiger partial charge is 0.335 e. The number of carbonyl (C=O) groups is 1. The molecule has 0 fully saturated rings. The molecule has 9 nitrogen and oxygen atoms in total. The lowest BCUT2D eigenvalue weighted by Gasteiger charge is -1.97. The minimum atomic E-state index is -0.934. The van der Waals surface area contributed by atoms with Crippen LogP contribution in [0.5, 0.6) is 0 Å². The summed E-state index contributed by atoms with van der Waals surface area (Å²) in [4.78, 5) is 10.7. The number of aromatic carboxylic acids is 1. The van der Waals surface area contributed by atoms with Gasteiger partial charge in [0.2, 0.25) is 0 Å². The van der Waals surface area contributed by atoms with Crippen molar-refractivity contribution in [2.45, 2.75) is 26.9 Å². The highest BCUT2D eigenvalue weighted by atomic mass is 16.4. The molecule has 2 aromatic carbocycles. The van der Waals surface area contributed by atoms with Crippen LogP contribution in [0, 0.1) is 11.3 Å². The summed E-state index contributed by atoms with van der Waals surface area (Å²) in [6, 6.07) is 12.2. The van der Waals surface area contributed by atoms with E-state index in [0.717, 1.165) is 28.6 Å². The average molecular weight is 363 g/mol. The van der Waals surface area contributed by atoms with Crippen molar-refractivity contribution in [3.05, 3.63) is 47.5 Å². The molecule has 9 heteroatoms. The molecule has 4 rings (SSSR count). The van der Waals surface area contributed by atoms with E-state index in [-0.39, 0.29) is 5.56 Å². The number of nitriles is 1. The molecule has 0 saturated carbocycles. The third-order valence-corrected chi connectivity index (χ3v) is 4.00. The van der Waals surface area contributed by atoms with Crippen LogP contribution in [0.1, 0.15) is 29.8 Å². The lowest BCUT2D eigenvalue weighted by atomic mass is 10.2. The van der Waals surface area contributed by atoms with Gasteiger partial charge in [0.05, 0.1) is 28.2 Å². The molecule has 0 radical (unpaired) electrons. The number of aromatic nitrogens is 6. The number of benzene rings is 2. The van der Waals surface area contributed by atoms with E-state index in [2.05, 4.69) is 26.7 Å². The third-order valence-electron chi connectivity index (χ3n) is 4.00. The normalized spacial score (nSPS) is 10.4. The summed E-state index contributed by atoms with van der Waals surface area (Å²) < 4.78 is 3.44. The Hall–Kier alpha value is -3.80. The summed E-state index contributed by atoms with van der Waals surface area (Å²) in [6.45, 7) is 5.37. The fraction of sp³-hybridized carbons (Fsp3) is 0.222. The summed E-state index contributed by atoms with van der Waals surface area (Å²) >= 11 is 0. The molecule has 0 bridgehead atoms. The number of rotatable bonds is 3. The second-order valence-corrected chi connectivity index (χ2v) is 5.63. The zero-order valence-electron chi connectivity index (χ0n) is 14.9. The van der Waals surface area contributed by atoms with Crippen LogP contribution in [0.4, 0.5) is 0 Å². The van der Waals surface area contributed by atoms with Crippen molar-refractivity contribution in [1.29, 1.82) is 5.26 Å². The molecule has 0 atom stereocenters. The van der Waals surface area contributed by atoms with E-state index in [0.29, 0.717) is 12.1 Å². The number of aryl methyl sites for hydroxylation is 2. The van der Waals surface area contributed by atoms with Crippen LogP contribution < -0.4 is 0 Å². The first kappa shape index (κ1) is 18.0. The number of carboxylic acid groups (broad SMARTS) is 1. The SMILES string of the molecule is CCn1nnc2ccc(C#N)cc21.CCn1nnc2ccc(C(=O)O)cc21. The highest BCUT2D eigenvalue weighted by Crippen LogP contribution is 2.13. The van der Waals surface area contributed by atoms with Crippen LogP contribution in [0.2, 0.25) is 0 Å². The Morgan fingerprint density at radius 1 is 1.00 bits per heavy atom. The maximum Gasteiger partial charge on any atom is 0.335 e. The van der Waals surface area contributed by atoms with Crippen molar-refractivity contribution in [2.24, 2.45) is 0 Å². The molecule has 4 aromatic rings. The fourth-order valence-electron chi connectivity index (χ4n) is 2.60. The van der Waals surface area contributed by atoms with Crippen molar-refractivity contribution in [2.75, 3.05) is 0 Å². The van der Waals surface area contributed by atoms with E-state index in [4.69, 9.17) is 10.4 Å². The molecule has 0 aliphatic heterocycles. The Balaban J connectivity index is 0.000000156. The third kappa shape index (κ3) is 3.59. The van der Waals surface area contributed by atoms with Gasteiger partial charge in [-0.05, 0) is 50.2 Å². The van der Waals surface area contributed by atoms with Gasteiger partial charge in [-0.15, -0.1) is 10.2 Å². The van der Waals surface area contributed by atoms with Crippen LogP contribution in [-0.4, -0.2) is 41.1 Å². The summed E-state index contributed by atoms with van der Waals surface area (Å²) in [5.74, 6) is -0.934. The van der Waals surface area contributed by atoms with E-state index in [1.54, 1.807) is 33.6 Å². The molecule has 0 amide bonds. The van der Waals surface area contributed by atoms with E-state index in [1.165, 1.54) is 6.07 Å².